The van der Waals surface area contributed by atoms with Gasteiger partial charge in [0.1, 0.15) is 0 Å². The number of nitrogens with zero attached hydrogens (tertiary/aromatic N) is 2. The molecule has 4 atom stereocenters. The Bertz CT molecular complexity index is 1040. The highest BCUT2D eigenvalue weighted by Gasteiger charge is 2.64. The second-order valence-corrected chi connectivity index (χ2v) is 9.11. The van der Waals surface area contributed by atoms with Gasteiger partial charge in [-0.2, -0.15) is 0 Å². The number of imide groups is 1. The molecule has 3 fully saturated rings. The van der Waals surface area contributed by atoms with Gasteiger partial charge in [0.25, 0.3) is 0 Å². The van der Waals surface area contributed by atoms with Crippen molar-refractivity contribution in [2.45, 2.75) is 38.8 Å². The number of fused-ring (bicyclic) bond motifs is 3. The van der Waals surface area contributed by atoms with E-state index in [0.717, 1.165) is 30.5 Å². The van der Waals surface area contributed by atoms with Crippen LogP contribution in [-0.2, 0) is 9.59 Å². The van der Waals surface area contributed by atoms with Crippen LogP contribution in [0.5, 0.6) is 0 Å². The molecule has 0 aliphatic carbocycles. The summed E-state index contributed by atoms with van der Waals surface area (Å²) >= 11 is 5.98. The average Bonchev–Trinajstić information content (AvgIpc) is 3.33. The van der Waals surface area contributed by atoms with Gasteiger partial charge in [-0.1, -0.05) is 17.7 Å². The average molecular weight is 423 g/mol. The lowest BCUT2D eigenvalue weighted by Crippen LogP contribution is -2.46. The largest absolute Gasteiger partial charge is 0.292 e. The molecule has 30 heavy (non-hydrogen) atoms. The third-order valence-electron chi connectivity index (χ3n) is 6.71. The van der Waals surface area contributed by atoms with E-state index in [4.69, 9.17) is 11.6 Å². The van der Waals surface area contributed by atoms with E-state index in [0.29, 0.717) is 16.3 Å². The fraction of sp³-hybridized carbons (Fsp3) is 0.375. The fourth-order valence-corrected chi connectivity index (χ4v) is 5.76. The van der Waals surface area contributed by atoms with E-state index >= 15 is 0 Å². The van der Waals surface area contributed by atoms with Crippen molar-refractivity contribution in [2.24, 2.45) is 11.8 Å². The zero-order chi connectivity index (χ0) is 21.2. The molecule has 5 rings (SSSR count). The van der Waals surface area contributed by atoms with E-state index in [1.807, 2.05) is 32.0 Å². The summed E-state index contributed by atoms with van der Waals surface area (Å²) in [6.07, 6.45) is 1.77. The van der Waals surface area contributed by atoms with E-state index in [2.05, 4.69) is 4.90 Å². The highest BCUT2D eigenvalue weighted by Crippen LogP contribution is 2.48. The predicted octanol–water partition coefficient (Wildman–Crippen LogP) is 3.79. The number of Topliss-reactive ketones (excluding diaryl/α,β-unsaturated/α-hetero) is 1. The molecule has 0 N–H and O–H groups in total. The number of carbonyl (C=O) groups excluding carboxylic acids is 3. The van der Waals surface area contributed by atoms with Crippen LogP contribution < -0.4 is 4.90 Å². The standard InChI is InChI=1S/C24H23ClN2O3/c1-13-10-14(2)12-17(11-13)27-23(29)19-18-4-3-9-26(18)21(20(19)24(27)30)22(28)15-5-7-16(25)8-6-15/h5-8,10-12,18-21H,3-4,9H2,1-2H3/t18-,19+,20+,21+/m1/s1. The van der Waals surface area contributed by atoms with Gasteiger partial charge in [0.05, 0.1) is 23.6 Å². The minimum absolute atomic E-state index is 0.0522. The van der Waals surface area contributed by atoms with Crippen LogP contribution in [0.2, 0.25) is 5.02 Å². The van der Waals surface area contributed by atoms with Crippen molar-refractivity contribution in [3.05, 3.63) is 64.2 Å². The number of ketones is 1. The zero-order valence-corrected chi connectivity index (χ0v) is 17.7. The monoisotopic (exact) mass is 422 g/mol. The molecule has 5 nitrogen and oxygen atoms in total. The molecule has 2 aromatic carbocycles. The lowest BCUT2D eigenvalue weighted by atomic mass is 9.85. The Balaban J connectivity index is 1.56. The molecule has 3 aliphatic rings. The SMILES string of the molecule is Cc1cc(C)cc(N2C(=O)[C@@H]3[C@H](C2=O)[C@@H](C(=O)c2ccc(Cl)cc2)N2CCC[C@H]32)c1. The van der Waals surface area contributed by atoms with Crippen LogP contribution in [0.3, 0.4) is 0 Å². The predicted molar refractivity (Wildman–Crippen MR) is 115 cm³/mol. The quantitative estimate of drug-likeness (QED) is 0.557. The van der Waals surface area contributed by atoms with Crippen molar-refractivity contribution in [1.29, 1.82) is 0 Å². The molecule has 6 heteroatoms. The van der Waals surface area contributed by atoms with Crippen LogP contribution in [0.4, 0.5) is 5.69 Å². The Labute approximate surface area is 180 Å². The van der Waals surface area contributed by atoms with Crippen LogP contribution in [0.25, 0.3) is 0 Å². The number of benzene rings is 2. The lowest BCUT2D eigenvalue weighted by Gasteiger charge is -2.27. The first-order valence-corrected chi connectivity index (χ1v) is 10.8. The summed E-state index contributed by atoms with van der Waals surface area (Å²) in [6, 6.07) is 11.9. The van der Waals surface area contributed by atoms with Gasteiger partial charge in [0.2, 0.25) is 11.8 Å². The summed E-state index contributed by atoms with van der Waals surface area (Å²) in [6.45, 7) is 4.65. The van der Waals surface area contributed by atoms with Crippen molar-refractivity contribution in [2.75, 3.05) is 11.4 Å². The summed E-state index contributed by atoms with van der Waals surface area (Å²) in [4.78, 5) is 43.9. The Kier molecular flexibility index (Phi) is 4.56. The zero-order valence-electron chi connectivity index (χ0n) is 17.0. The normalized spacial score (nSPS) is 28.2. The van der Waals surface area contributed by atoms with Crippen LogP contribution in [-0.4, -0.2) is 41.1 Å². The minimum Gasteiger partial charge on any atom is -0.292 e. The summed E-state index contributed by atoms with van der Waals surface area (Å²) < 4.78 is 0. The number of aryl methyl sites for hydroxylation is 2. The highest BCUT2D eigenvalue weighted by atomic mass is 35.5. The van der Waals surface area contributed by atoms with Crippen molar-refractivity contribution in [3.8, 4) is 0 Å². The van der Waals surface area contributed by atoms with Crippen molar-refractivity contribution >= 4 is 34.9 Å². The molecule has 154 valence electrons. The van der Waals surface area contributed by atoms with Gasteiger partial charge in [0, 0.05) is 16.6 Å². The van der Waals surface area contributed by atoms with Gasteiger partial charge >= 0.3 is 0 Å². The molecular weight excluding hydrogens is 400 g/mol. The van der Waals surface area contributed by atoms with Gasteiger partial charge < -0.3 is 0 Å². The second-order valence-electron chi connectivity index (χ2n) is 8.67. The molecule has 2 amide bonds. The van der Waals surface area contributed by atoms with Crippen LogP contribution in [0.1, 0.15) is 34.3 Å². The molecule has 3 saturated heterocycles. The van der Waals surface area contributed by atoms with Crippen LogP contribution in [0.15, 0.2) is 42.5 Å². The molecule has 0 spiro atoms. The Morgan fingerprint density at radius 2 is 1.60 bits per heavy atom. The van der Waals surface area contributed by atoms with E-state index in [-0.39, 0.29) is 23.6 Å². The van der Waals surface area contributed by atoms with E-state index in [1.54, 1.807) is 24.3 Å². The maximum Gasteiger partial charge on any atom is 0.239 e. The highest BCUT2D eigenvalue weighted by molar-refractivity contribution is 6.30. The third kappa shape index (κ3) is 2.83. The Hall–Kier alpha value is -2.50. The molecule has 0 saturated carbocycles. The summed E-state index contributed by atoms with van der Waals surface area (Å²) in [5, 5.41) is 0.558. The van der Waals surface area contributed by atoms with Crippen molar-refractivity contribution < 1.29 is 14.4 Å². The summed E-state index contributed by atoms with van der Waals surface area (Å²) in [5.41, 5.74) is 3.14. The van der Waals surface area contributed by atoms with Gasteiger partial charge in [-0.25, -0.2) is 4.90 Å². The first kappa shape index (κ1) is 19.5. The van der Waals surface area contributed by atoms with E-state index in [1.165, 1.54) is 4.90 Å². The van der Waals surface area contributed by atoms with Crippen LogP contribution >= 0.6 is 11.6 Å². The third-order valence-corrected chi connectivity index (χ3v) is 6.97. The molecule has 0 unspecified atom stereocenters. The number of hydrogen-bond acceptors (Lipinski definition) is 4. The maximum absolute atomic E-state index is 13.6. The van der Waals surface area contributed by atoms with Crippen molar-refractivity contribution in [3.63, 3.8) is 0 Å². The van der Waals surface area contributed by atoms with Gasteiger partial charge in [-0.15, -0.1) is 0 Å². The number of amides is 2. The molecule has 0 radical (unpaired) electrons. The maximum atomic E-state index is 13.6. The minimum atomic E-state index is -0.633. The molecule has 0 bridgehead atoms. The number of rotatable bonds is 3. The van der Waals surface area contributed by atoms with Crippen molar-refractivity contribution in [1.82, 2.24) is 4.90 Å². The molecule has 2 aromatic rings. The number of anilines is 1. The smallest absolute Gasteiger partial charge is 0.239 e. The van der Waals surface area contributed by atoms with Crippen LogP contribution in [0, 0.1) is 25.7 Å². The molecule has 3 aliphatic heterocycles. The number of hydrogen-bond donors (Lipinski definition) is 0. The first-order valence-electron chi connectivity index (χ1n) is 10.4. The second kappa shape index (κ2) is 7.03. The fourth-order valence-electron chi connectivity index (χ4n) is 5.63. The van der Waals surface area contributed by atoms with Gasteiger partial charge in [-0.05, 0) is 80.8 Å². The van der Waals surface area contributed by atoms with Gasteiger partial charge in [0.15, 0.2) is 5.78 Å². The molecule has 3 heterocycles. The Morgan fingerprint density at radius 3 is 2.27 bits per heavy atom. The molecule has 0 aromatic heterocycles. The number of halogens is 1. The Morgan fingerprint density at radius 1 is 0.967 bits per heavy atom. The lowest BCUT2D eigenvalue weighted by molar-refractivity contribution is -0.123. The van der Waals surface area contributed by atoms with Gasteiger partial charge in [-0.3, -0.25) is 19.3 Å². The van der Waals surface area contributed by atoms with E-state index in [9.17, 15) is 14.4 Å². The first-order chi connectivity index (χ1) is 14.4. The summed E-state index contributed by atoms with van der Waals surface area (Å²) in [5.74, 6) is -1.61. The summed E-state index contributed by atoms with van der Waals surface area (Å²) in [7, 11) is 0. The topological polar surface area (TPSA) is 57.7 Å². The number of carbonyl (C=O) groups is 3. The molecular formula is C24H23ClN2O3. The van der Waals surface area contributed by atoms with E-state index < -0.39 is 17.9 Å².